The molecule has 1 aromatic carbocycles. The van der Waals surface area contributed by atoms with E-state index in [2.05, 4.69) is 39.1 Å². The lowest BCUT2D eigenvalue weighted by atomic mass is 10.1. The Morgan fingerprint density at radius 3 is 2.50 bits per heavy atom. The molecule has 0 bridgehead atoms. The second kappa shape index (κ2) is 9.86. The molecule has 0 aliphatic carbocycles. The van der Waals surface area contributed by atoms with E-state index in [-0.39, 0.29) is 17.2 Å². The van der Waals surface area contributed by atoms with Crippen LogP contribution in [0.1, 0.15) is 33.6 Å². The van der Waals surface area contributed by atoms with E-state index in [4.69, 9.17) is 11.6 Å². The van der Waals surface area contributed by atoms with Gasteiger partial charge in [-0.15, -0.1) is 35.5 Å². The first-order valence-corrected chi connectivity index (χ1v) is 12.6. The molecule has 166 valence electrons. The maximum absolute atomic E-state index is 12.5. The Hall–Kier alpha value is -0.660. The van der Waals surface area contributed by atoms with E-state index in [9.17, 15) is 4.79 Å². The van der Waals surface area contributed by atoms with Gasteiger partial charge in [-0.25, -0.2) is 0 Å². The first-order chi connectivity index (χ1) is 13.8. The summed E-state index contributed by atoms with van der Waals surface area (Å²) in [4.78, 5) is 19.6. The van der Waals surface area contributed by atoms with Crippen molar-refractivity contribution in [2.45, 2.75) is 43.7 Å². The van der Waals surface area contributed by atoms with Gasteiger partial charge in [0, 0.05) is 53.2 Å². The summed E-state index contributed by atoms with van der Waals surface area (Å²) >= 11 is 9.69. The van der Waals surface area contributed by atoms with E-state index >= 15 is 0 Å². The minimum Gasteiger partial charge on any atom is -0.368 e. The van der Waals surface area contributed by atoms with Gasteiger partial charge in [-0.1, -0.05) is 11.6 Å². The molecule has 30 heavy (non-hydrogen) atoms. The summed E-state index contributed by atoms with van der Waals surface area (Å²) in [7, 11) is 0. The highest BCUT2D eigenvalue weighted by atomic mass is 35.5. The second-order valence-corrected chi connectivity index (χ2v) is 11.8. The number of carbonyl (C=O) groups excluding carboxylic acids is 1. The Bertz CT molecular complexity index is 880. The van der Waals surface area contributed by atoms with Gasteiger partial charge >= 0.3 is 0 Å². The molecule has 0 radical (unpaired) electrons. The number of thiophene rings is 1. The summed E-state index contributed by atoms with van der Waals surface area (Å²) in [5, 5.41) is 4.70. The van der Waals surface area contributed by atoms with Crippen LogP contribution in [-0.2, 0) is 4.79 Å². The number of fused-ring (bicyclic) bond motifs is 1. The Labute approximate surface area is 199 Å². The number of hydrogen-bond acceptors (Lipinski definition) is 5. The fourth-order valence-corrected chi connectivity index (χ4v) is 7.04. The molecule has 1 amide bonds. The summed E-state index contributed by atoms with van der Waals surface area (Å²) in [6, 6.07) is 6.20. The number of thioether (sulfide) groups is 1. The summed E-state index contributed by atoms with van der Waals surface area (Å²) < 4.78 is 1.01. The van der Waals surface area contributed by atoms with Gasteiger partial charge < -0.3 is 9.80 Å². The SMILES string of the molecule is CC1SC(C)(C)C(=O)N1CCCCN1CCN(c2csc3cc(Cl)ccc23)CC1.Cl. The van der Waals surface area contributed by atoms with Crippen molar-refractivity contribution >= 4 is 68.8 Å². The molecule has 1 atom stereocenters. The minimum atomic E-state index is -0.257. The van der Waals surface area contributed by atoms with Crippen molar-refractivity contribution in [3.8, 4) is 0 Å². The van der Waals surface area contributed by atoms with Crippen molar-refractivity contribution in [1.82, 2.24) is 9.80 Å². The summed E-state index contributed by atoms with van der Waals surface area (Å²) in [5.41, 5.74) is 1.35. The zero-order valence-electron chi connectivity index (χ0n) is 17.9. The number of hydrogen-bond donors (Lipinski definition) is 0. The van der Waals surface area contributed by atoms with Gasteiger partial charge in [0.1, 0.15) is 0 Å². The molecule has 2 aliphatic rings. The maximum Gasteiger partial charge on any atom is 0.239 e. The van der Waals surface area contributed by atoms with Crippen LogP contribution in [-0.4, -0.2) is 65.1 Å². The van der Waals surface area contributed by atoms with Gasteiger partial charge in [0.25, 0.3) is 0 Å². The largest absolute Gasteiger partial charge is 0.368 e. The van der Waals surface area contributed by atoms with E-state index in [0.717, 1.165) is 57.1 Å². The van der Waals surface area contributed by atoms with E-state index in [0.29, 0.717) is 11.3 Å². The summed E-state index contributed by atoms with van der Waals surface area (Å²) in [6.45, 7) is 12.6. The Kier molecular flexibility index (Phi) is 7.89. The molecule has 4 rings (SSSR count). The average Bonchev–Trinajstić information content (AvgIpc) is 3.18. The van der Waals surface area contributed by atoms with Crippen molar-refractivity contribution in [3.63, 3.8) is 0 Å². The van der Waals surface area contributed by atoms with Crippen LogP contribution < -0.4 is 4.90 Å². The van der Waals surface area contributed by atoms with E-state index < -0.39 is 0 Å². The maximum atomic E-state index is 12.5. The Balaban J connectivity index is 0.00000256. The predicted octanol–water partition coefficient (Wildman–Crippen LogP) is 5.58. The predicted molar refractivity (Wildman–Crippen MR) is 135 cm³/mol. The molecule has 2 aromatic rings. The molecule has 2 aliphatic heterocycles. The van der Waals surface area contributed by atoms with E-state index in [1.165, 1.54) is 15.8 Å². The van der Waals surface area contributed by atoms with Gasteiger partial charge in [-0.2, -0.15) is 0 Å². The van der Waals surface area contributed by atoms with Gasteiger partial charge in [0.05, 0.1) is 15.8 Å². The number of piperazine rings is 1. The summed E-state index contributed by atoms with van der Waals surface area (Å²) in [6.07, 6.45) is 2.24. The van der Waals surface area contributed by atoms with Crippen LogP contribution in [0.15, 0.2) is 23.6 Å². The van der Waals surface area contributed by atoms with Crippen LogP contribution in [0.2, 0.25) is 5.02 Å². The highest BCUT2D eigenvalue weighted by Crippen LogP contribution is 2.40. The van der Waals surface area contributed by atoms with Crippen LogP contribution >= 0.6 is 47.1 Å². The highest BCUT2D eigenvalue weighted by molar-refractivity contribution is 8.02. The van der Waals surface area contributed by atoms with Crippen molar-refractivity contribution in [1.29, 1.82) is 0 Å². The van der Waals surface area contributed by atoms with Crippen molar-refractivity contribution < 1.29 is 4.79 Å². The molecule has 1 unspecified atom stereocenters. The van der Waals surface area contributed by atoms with Crippen LogP contribution in [0.4, 0.5) is 5.69 Å². The topological polar surface area (TPSA) is 26.8 Å². The molecule has 1 aromatic heterocycles. The molecule has 3 heterocycles. The average molecular weight is 489 g/mol. The normalized spacial score (nSPS) is 22.0. The minimum absolute atomic E-state index is 0. The quantitative estimate of drug-likeness (QED) is 0.496. The zero-order valence-corrected chi connectivity index (χ0v) is 21.1. The molecular formula is C22H31Cl2N3OS2. The fourth-order valence-electron chi connectivity index (χ4n) is 4.40. The monoisotopic (exact) mass is 487 g/mol. The molecule has 0 N–H and O–H groups in total. The fraction of sp³-hybridized carbons (Fsp3) is 0.591. The lowest BCUT2D eigenvalue weighted by Gasteiger charge is -2.36. The third kappa shape index (κ3) is 5.04. The number of nitrogens with zero attached hydrogens (tertiary/aromatic N) is 3. The molecule has 4 nitrogen and oxygen atoms in total. The van der Waals surface area contributed by atoms with Crippen molar-refractivity contribution in [3.05, 3.63) is 28.6 Å². The van der Waals surface area contributed by atoms with Crippen LogP contribution in [0.25, 0.3) is 10.1 Å². The number of carbonyl (C=O) groups is 1. The van der Waals surface area contributed by atoms with Gasteiger partial charge in [0.15, 0.2) is 0 Å². The third-order valence-electron chi connectivity index (χ3n) is 6.03. The van der Waals surface area contributed by atoms with Crippen LogP contribution in [0.5, 0.6) is 0 Å². The zero-order chi connectivity index (χ0) is 20.6. The molecule has 0 saturated carbocycles. The lowest BCUT2D eigenvalue weighted by molar-refractivity contribution is -0.131. The number of halogens is 2. The number of unbranched alkanes of at least 4 members (excludes halogenated alkanes) is 1. The van der Waals surface area contributed by atoms with E-state index in [1.807, 2.05) is 19.9 Å². The lowest BCUT2D eigenvalue weighted by Crippen LogP contribution is -2.46. The Morgan fingerprint density at radius 1 is 1.13 bits per heavy atom. The number of anilines is 1. The van der Waals surface area contributed by atoms with Gasteiger partial charge in [-0.05, 0) is 58.4 Å². The first-order valence-electron chi connectivity index (χ1n) is 10.5. The number of amides is 1. The summed E-state index contributed by atoms with van der Waals surface area (Å²) in [5.74, 6) is 0.299. The highest BCUT2D eigenvalue weighted by Gasteiger charge is 2.43. The third-order valence-corrected chi connectivity index (χ3v) is 8.56. The van der Waals surface area contributed by atoms with Crippen molar-refractivity contribution in [2.75, 3.05) is 44.2 Å². The van der Waals surface area contributed by atoms with Crippen molar-refractivity contribution in [2.24, 2.45) is 0 Å². The van der Waals surface area contributed by atoms with E-state index in [1.54, 1.807) is 23.1 Å². The number of benzene rings is 1. The smallest absolute Gasteiger partial charge is 0.239 e. The number of rotatable bonds is 6. The standard InChI is InChI=1S/C22H30ClN3OS2.ClH/c1-16-26(21(27)22(2,3)29-16)9-5-4-8-24-10-12-25(13-11-24)19-15-28-20-14-17(23)6-7-18(19)20;/h6-7,14-16H,4-5,8-13H2,1-3H3;1H. The van der Waals surface area contributed by atoms with Gasteiger partial charge in [-0.3, -0.25) is 9.69 Å². The van der Waals surface area contributed by atoms with Crippen LogP contribution in [0.3, 0.4) is 0 Å². The molecule has 2 fully saturated rings. The first kappa shape index (κ1) is 24.0. The molecular weight excluding hydrogens is 457 g/mol. The van der Waals surface area contributed by atoms with Crippen LogP contribution in [0, 0.1) is 0 Å². The Morgan fingerprint density at radius 2 is 1.83 bits per heavy atom. The molecule has 8 heteroatoms. The molecule has 0 spiro atoms. The van der Waals surface area contributed by atoms with Gasteiger partial charge in [0.2, 0.25) is 5.91 Å². The second-order valence-electron chi connectivity index (χ2n) is 8.52. The molecule has 2 saturated heterocycles.